The molecule has 2 heterocycles. The molecule has 1 amide bonds. The van der Waals surface area contributed by atoms with Crippen LogP contribution in [-0.2, 0) is 16.6 Å². The Morgan fingerprint density at radius 2 is 2.08 bits per heavy atom. The summed E-state index contributed by atoms with van der Waals surface area (Å²) in [6, 6.07) is 7.06. The van der Waals surface area contributed by atoms with E-state index in [0.29, 0.717) is 22.0 Å². The normalized spacial score (nSPS) is 16.6. The first-order valence-electron chi connectivity index (χ1n) is 7.40. The average molecular weight is 346 g/mol. The largest absolute Gasteiger partial charge is 0.481 e. The maximum Gasteiger partial charge on any atom is 0.312 e. The Hall–Kier alpha value is -2.60. The van der Waals surface area contributed by atoms with Gasteiger partial charge in [0, 0.05) is 30.9 Å². The Morgan fingerprint density at radius 1 is 1.38 bits per heavy atom. The van der Waals surface area contributed by atoms with Crippen LogP contribution in [0.2, 0.25) is 5.15 Å². The van der Waals surface area contributed by atoms with Crippen molar-refractivity contribution in [3.8, 4) is 0 Å². The van der Waals surface area contributed by atoms with E-state index < -0.39 is 11.9 Å². The molecule has 24 heavy (non-hydrogen) atoms. The van der Waals surface area contributed by atoms with Crippen LogP contribution in [0.4, 0.5) is 5.69 Å². The van der Waals surface area contributed by atoms with Gasteiger partial charge in [-0.25, -0.2) is 0 Å². The highest BCUT2D eigenvalue weighted by Crippen LogP contribution is 2.36. The number of fused-ring (bicyclic) bond motifs is 1. The first kappa shape index (κ1) is 16.3. The number of carbonyl (C=O) groups is 2. The van der Waals surface area contributed by atoms with E-state index in [1.807, 2.05) is 6.92 Å². The first-order chi connectivity index (χ1) is 11.4. The van der Waals surface area contributed by atoms with E-state index in [1.165, 1.54) is 15.7 Å². The molecule has 0 saturated carbocycles. The van der Waals surface area contributed by atoms with E-state index in [1.54, 1.807) is 37.4 Å². The fraction of sp³-hybridized carbons (Fsp3) is 0.235. The SMILES string of the molecule is Cc1nn(C)c(Cl)c1/C=C/C(=O)N1CC(C(=O)O)c2ccccc21. The maximum atomic E-state index is 12.6. The van der Waals surface area contributed by atoms with Crippen LogP contribution in [0, 0.1) is 6.92 Å². The van der Waals surface area contributed by atoms with E-state index in [4.69, 9.17) is 11.6 Å². The van der Waals surface area contributed by atoms with Gasteiger partial charge in [-0.1, -0.05) is 29.8 Å². The number of hydrogen-bond acceptors (Lipinski definition) is 3. The summed E-state index contributed by atoms with van der Waals surface area (Å²) in [4.78, 5) is 25.5. The highest BCUT2D eigenvalue weighted by molar-refractivity contribution is 6.31. The zero-order valence-corrected chi connectivity index (χ0v) is 14.0. The molecule has 1 aromatic heterocycles. The van der Waals surface area contributed by atoms with E-state index in [0.717, 1.165) is 5.69 Å². The fourth-order valence-electron chi connectivity index (χ4n) is 2.91. The van der Waals surface area contributed by atoms with E-state index in [-0.39, 0.29) is 12.5 Å². The van der Waals surface area contributed by atoms with E-state index in [9.17, 15) is 14.7 Å². The van der Waals surface area contributed by atoms with Gasteiger partial charge in [-0.3, -0.25) is 14.3 Å². The molecule has 0 spiro atoms. The second-order valence-electron chi connectivity index (χ2n) is 5.65. The van der Waals surface area contributed by atoms with Gasteiger partial charge in [-0.05, 0) is 24.6 Å². The van der Waals surface area contributed by atoms with Gasteiger partial charge in [0.05, 0.1) is 5.69 Å². The second-order valence-corrected chi connectivity index (χ2v) is 6.00. The van der Waals surface area contributed by atoms with Crippen molar-refractivity contribution in [1.82, 2.24) is 9.78 Å². The summed E-state index contributed by atoms with van der Waals surface area (Å²) in [5.74, 6) is -1.93. The monoisotopic (exact) mass is 345 g/mol. The third-order valence-corrected chi connectivity index (χ3v) is 4.57. The van der Waals surface area contributed by atoms with Gasteiger partial charge in [0.2, 0.25) is 0 Å². The Balaban J connectivity index is 1.89. The molecule has 1 aromatic carbocycles. The number of aryl methyl sites for hydroxylation is 2. The molecule has 2 aromatic rings. The molecule has 0 aliphatic carbocycles. The summed E-state index contributed by atoms with van der Waals surface area (Å²) in [7, 11) is 1.72. The summed E-state index contributed by atoms with van der Waals surface area (Å²) in [6.07, 6.45) is 3.01. The van der Waals surface area contributed by atoms with Crippen molar-refractivity contribution < 1.29 is 14.7 Å². The standard InChI is InChI=1S/C17H16ClN3O3/c1-10-11(16(18)20(2)19-10)7-8-15(22)21-9-13(17(23)24)12-5-3-4-6-14(12)21/h3-8,13H,9H2,1-2H3,(H,23,24)/b8-7+. The minimum Gasteiger partial charge on any atom is -0.481 e. The zero-order valence-electron chi connectivity index (χ0n) is 13.2. The number of halogens is 1. The predicted octanol–water partition coefficient (Wildman–Crippen LogP) is 2.61. The lowest BCUT2D eigenvalue weighted by Gasteiger charge is -2.15. The number of carbonyl (C=O) groups excluding carboxylic acids is 1. The molecule has 0 fully saturated rings. The van der Waals surface area contributed by atoms with Crippen molar-refractivity contribution in [3.63, 3.8) is 0 Å². The van der Waals surface area contributed by atoms with E-state index in [2.05, 4.69) is 5.10 Å². The summed E-state index contributed by atoms with van der Waals surface area (Å²) in [6.45, 7) is 1.93. The molecule has 0 bridgehead atoms. The lowest BCUT2D eigenvalue weighted by molar-refractivity contribution is -0.138. The van der Waals surface area contributed by atoms with Crippen LogP contribution < -0.4 is 4.90 Å². The topological polar surface area (TPSA) is 75.4 Å². The van der Waals surface area contributed by atoms with Crippen LogP contribution in [0.15, 0.2) is 30.3 Å². The number of hydrogen-bond donors (Lipinski definition) is 1. The Labute approximate surface area is 144 Å². The molecule has 0 saturated heterocycles. The number of aromatic nitrogens is 2. The van der Waals surface area contributed by atoms with Crippen molar-refractivity contribution in [3.05, 3.63) is 52.3 Å². The van der Waals surface area contributed by atoms with Gasteiger partial charge < -0.3 is 10.0 Å². The molecule has 124 valence electrons. The quantitative estimate of drug-likeness (QED) is 0.868. The summed E-state index contributed by atoms with van der Waals surface area (Å²) in [5.41, 5.74) is 2.68. The number of para-hydroxylation sites is 1. The van der Waals surface area contributed by atoms with Gasteiger partial charge in [-0.2, -0.15) is 5.10 Å². The molecular weight excluding hydrogens is 330 g/mol. The molecule has 1 aliphatic heterocycles. The number of amides is 1. The Bertz CT molecular complexity index is 857. The summed E-state index contributed by atoms with van der Waals surface area (Å²) in [5, 5.41) is 14.0. The first-order valence-corrected chi connectivity index (χ1v) is 7.78. The van der Waals surface area contributed by atoms with Crippen LogP contribution in [0.1, 0.15) is 22.7 Å². The van der Waals surface area contributed by atoms with Crippen LogP contribution in [0.5, 0.6) is 0 Å². The molecule has 7 heteroatoms. The van der Waals surface area contributed by atoms with Gasteiger partial charge in [0.15, 0.2) is 0 Å². The van der Waals surface area contributed by atoms with Gasteiger partial charge >= 0.3 is 5.97 Å². The van der Waals surface area contributed by atoms with Crippen LogP contribution >= 0.6 is 11.6 Å². The van der Waals surface area contributed by atoms with Crippen molar-refractivity contribution in [2.24, 2.45) is 7.05 Å². The molecule has 3 rings (SSSR count). The summed E-state index contributed by atoms with van der Waals surface area (Å²) >= 11 is 6.15. The van der Waals surface area contributed by atoms with Gasteiger partial charge in [0.25, 0.3) is 5.91 Å². The summed E-state index contributed by atoms with van der Waals surface area (Å²) < 4.78 is 1.53. The van der Waals surface area contributed by atoms with Crippen LogP contribution in [0.3, 0.4) is 0 Å². The number of anilines is 1. The smallest absolute Gasteiger partial charge is 0.312 e. The molecule has 1 unspecified atom stereocenters. The minimum absolute atomic E-state index is 0.123. The Morgan fingerprint density at radius 3 is 2.71 bits per heavy atom. The van der Waals surface area contributed by atoms with Gasteiger partial charge in [-0.15, -0.1) is 0 Å². The highest BCUT2D eigenvalue weighted by atomic mass is 35.5. The Kier molecular flexibility index (Phi) is 4.15. The number of nitrogens with zero attached hydrogens (tertiary/aromatic N) is 3. The third kappa shape index (κ3) is 2.69. The van der Waals surface area contributed by atoms with Crippen molar-refractivity contribution >= 4 is 35.2 Å². The number of aliphatic carboxylic acids is 1. The fourth-order valence-corrected chi connectivity index (χ4v) is 3.14. The second kappa shape index (κ2) is 6.13. The van der Waals surface area contributed by atoms with Crippen LogP contribution in [0.25, 0.3) is 6.08 Å². The molecule has 6 nitrogen and oxygen atoms in total. The molecule has 1 N–H and O–H groups in total. The third-order valence-electron chi connectivity index (χ3n) is 4.12. The molecule has 1 atom stereocenters. The maximum absolute atomic E-state index is 12.6. The molecule has 0 radical (unpaired) electrons. The average Bonchev–Trinajstić information content (AvgIpc) is 3.04. The minimum atomic E-state index is -0.937. The number of benzene rings is 1. The predicted molar refractivity (Wildman–Crippen MR) is 91.2 cm³/mol. The lowest BCUT2D eigenvalue weighted by Crippen LogP contribution is -2.29. The van der Waals surface area contributed by atoms with Crippen molar-refractivity contribution in [1.29, 1.82) is 0 Å². The zero-order chi connectivity index (χ0) is 17.4. The van der Waals surface area contributed by atoms with E-state index >= 15 is 0 Å². The number of carboxylic acid groups (broad SMARTS) is 1. The number of rotatable bonds is 3. The molecular formula is C17H16ClN3O3. The highest BCUT2D eigenvalue weighted by Gasteiger charge is 2.35. The number of carboxylic acids is 1. The van der Waals surface area contributed by atoms with Gasteiger partial charge in [0.1, 0.15) is 11.1 Å². The van der Waals surface area contributed by atoms with Crippen LogP contribution in [-0.4, -0.2) is 33.3 Å². The van der Waals surface area contributed by atoms with Crippen molar-refractivity contribution in [2.45, 2.75) is 12.8 Å². The lowest BCUT2D eigenvalue weighted by atomic mass is 10.0. The molecule has 1 aliphatic rings. The van der Waals surface area contributed by atoms with Crippen molar-refractivity contribution in [2.75, 3.05) is 11.4 Å².